The second-order valence-corrected chi connectivity index (χ2v) is 8.32. The molecular formula is C22H26S. The Balaban J connectivity index is 2.20. The molecule has 0 saturated carbocycles. The van der Waals surface area contributed by atoms with E-state index in [1.165, 1.54) is 5.56 Å². The summed E-state index contributed by atoms with van der Waals surface area (Å²) in [6.07, 6.45) is 18.4. The van der Waals surface area contributed by atoms with Gasteiger partial charge in [0.1, 0.15) is 0 Å². The minimum atomic E-state index is -0.00898. The lowest BCUT2D eigenvalue weighted by Gasteiger charge is -2.41. The van der Waals surface area contributed by atoms with Crippen LogP contribution >= 0.6 is 11.8 Å². The lowest BCUT2D eigenvalue weighted by Crippen LogP contribution is -2.30. The molecule has 3 rings (SSSR count). The largest absolute Gasteiger partial charge is 0.138 e. The van der Waals surface area contributed by atoms with Crippen LogP contribution < -0.4 is 0 Å². The normalized spacial score (nSPS) is 18.0. The first-order valence-corrected chi connectivity index (χ1v) is 9.57. The van der Waals surface area contributed by atoms with E-state index in [-0.39, 0.29) is 4.75 Å². The third-order valence-electron chi connectivity index (χ3n) is 4.52. The Morgan fingerprint density at radius 1 is 0.870 bits per heavy atom. The number of thioether (sulfide) groups is 1. The van der Waals surface area contributed by atoms with Gasteiger partial charge in [-0.05, 0) is 42.4 Å². The first-order valence-electron chi connectivity index (χ1n) is 8.69. The van der Waals surface area contributed by atoms with Crippen LogP contribution in [0.1, 0.15) is 45.1 Å². The summed E-state index contributed by atoms with van der Waals surface area (Å²) in [5.74, 6) is 0. The van der Waals surface area contributed by atoms with Gasteiger partial charge in [-0.3, -0.25) is 0 Å². The van der Waals surface area contributed by atoms with E-state index in [1.807, 2.05) is 0 Å². The number of rotatable bonds is 5. The van der Waals surface area contributed by atoms with Crippen molar-refractivity contribution in [2.75, 3.05) is 0 Å². The van der Waals surface area contributed by atoms with E-state index in [2.05, 4.69) is 92.4 Å². The van der Waals surface area contributed by atoms with Crippen LogP contribution in [0.4, 0.5) is 0 Å². The highest BCUT2D eigenvalue weighted by Crippen LogP contribution is 2.54. The molecule has 2 aliphatic rings. The molecule has 0 spiro atoms. The van der Waals surface area contributed by atoms with Crippen molar-refractivity contribution >= 4 is 11.8 Å². The van der Waals surface area contributed by atoms with Crippen molar-refractivity contribution < 1.29 is 0 Å². The number of benzene rings is 1. The summed E-state index contributed by atoms with van der Waals surface area (Å²) in [4.78, 5) is 0. The number of allylic oxidation sites excluding steroid dienone is 6. The molecule has 0 saturated heterocycles. The molecular weight excluding hydrogens is 296 g/mol. The summed E-state index contributed by atoms with van der Waals surface area (Å²) >= 11 is 2.11. The summed E-state index contributed by atoms with van der Waals surface area (Å²) in [6, 6.07) is 11.1. The van der Waals surface area contributed by atoms with Crippen molar-refractivity contribution in [1.82, 2.24) is 0 Å². The van der Waals surface area contributed by atoms with Gasteiger partial charge in [-0.25, -0.2) is 0 Å². The smallest absolute Gasteiger partial charge is 0.0835 e. The lowest BCUT2D eigenvalue weighted by molar-refractivity contribution is 0.718. The van der Waals surface area contributed by atoms with E-state index >= 15 is 0 Å². The average Bonchev–Trinajstić information content (AvgIpc) is 2.62. The summed E-state index contributed by atoms with van der Waals surface area (Å²) in [6.45, 7) is 4.64. The van der Waals surface area contributed by atoms with Gasteiger partial charge in [0.15, 0.2) is 0 Å². The zero-order valence-electron chi connectivity index (χ0n) is 14.2. The van der Waals surface area contributed by atoms with Crippen LogP contribution in [0, 0.1) is 0 Å². The van der Waals surface area contributed by atoms with Crippen molar-refractivity contribution in [3.05, 3.63) is 83.5 Å². The molecule has 0 aromatic heterocycles. The molecule has 0 radical (unpaired) electrons. The Labute approximate surface area is 145 Å². The Bertz CT molecular complexity index is 612. The molecule has 1 heteroatoms. The summed E-state index contributed by atoms with van der Waals surface area (Å²) in [5.41, 5.74) is 4.56. The van der Waals surface area contributed by atoms with Crippen LogP contribution in [-0.2, 0) is 4.75 Å². The van der Waals surface area contributed by atoms with Gasteiger partial charge >= 0.3 is 0 Å². The topological polar surface area (TPSA) is 0 Å². The van der Waals surface area contributed by atoms with E-state index < -0.39 is 0 Å². The van der Waals surface area contributed by atoms with E-state index in [0.717, 1.165) is 25.7 Å². The van der Waals surface area contributed by atoms with Crippen molar-refractivity contribution in [3.63, 3.8) is 0 Å². The number of hydrogen-bond donors (Lipinski definition) is 0. The van der Waals surface area contributed by atoms with Gasteiger partial charge in [0.2, 0.25) is 0 Å². The quantitative estimate of drug-likeness (QED) is 0.590. The predicted octanol–water partition coefficient (Wildman–Crippen LogP) is 6.58. The SMILES string of the molecule is CC(C)SC(C1=CC=CCC1)(C1=CC=CCC1)c1ccccc1. The Morgan fingerprint density at radius 3 is 1.87 bits per heavy atom. The Hall–Kier alpha value is -1.47. The third-order valence-corrected chi connectivity index (χ3v) is 6.11. The fourth-order valence-corrected chi connectivity index (χ4v) is 5.24. The molecule has 0 unspecified atom stereocenters. The third kappa shape index (κ3) is 3.40. The van der Waals surface area contributed by atoms with Gasteiger partial charge in [-0.2, -0.15) is 0 Å². The van der Waals surface area contributed by atoms with Crippen LogP contribution in [0.2, 0.25) is 0 Å². The molecule has 1 aromatic rings. The summed E-state index contributed by atoms with van der Waals surface area (Å²) in [7, 11) is 0. The van der Waals surface area contributed by atoms with Gasteiger partial charge < -0.3 is 0 Å². The summed E-state index contributed by atoms with van der Waals surface area (Å²) in [5, 5.41) is 0.578. The van der Waals surface area contributed by atoms with Crippen LogP contribution in [0.3, 0.4) is 0 Å². The minimum absolute atomic E-state index is 0.00898. The standard InChI is InChI=1S/C22H26S/c1-18(2)23-22(19-12-6-3-7-13-19,20-14-8-4-9-15-20)21-16-10-5-11-17-21/h3-8,10,12-14,16,18H,9,11,15,17H2,1-2H3. The van der Waals surface area contributed by atoms with Gasteiger partial charge in [-0.1, -0.05) is 80.6 Å². The van der Waals surface area contributed by atoms with E-state index in [4.69, 9.17) is 0 Å². The van der Waals surface area contributed by atoms with Crippen molar-refractivity contribution in [2.45, 2.75) is 49.5 Å². The maximum absolute atomic E-state index is 2.37. The van der Waals surface area contributed by atoms with Crippen LogP contribution in [0.25, 0.3) is 0 Å². The van der Waals surface area contributed by atoms with Crippen LogP contribution in [0.5, 0.6) is 0 Å². The fraction of sp³-hybridized carbons (Fsp3) is 0.364. The molecule has 0 nitrogen and oxygen atoms in total. The first-order chi connectivity index (χ1) is 11.2. The zero-order valence-corrected chi connectivity index (χ0v) is 15.0. The van der Waals surface area contributed by atoms with Crippen molar-refractivity contribution in [3.8, 4) is 0 Å². The van der Waals surface area contributed by atoms with Gasteiger partial charge in [0.05, 0.1) is 4.75 Å². The molecule has 2 aliphatic carbocycles. The highest BCUT2D eigenvalue weighted by atomic mass is 32.2. The fourth-order valence-electron chi connectivity index (χ4n) is 3.61. The van der Waals surface area contributed by atoms with E-state index in [9.17, 15) is 0 Å². The predicted molar refractivity (Wildman–Crippen MR) is 104 cm³/mol. The molecule has 0 fully saturated rings. The molecule has 23 heavy (non-hydrogen) atoms. The maximum Gasteiger partial charge on any atom is 0.0835 e. The van der Waals surface area contributed by atoms with Gasteiger partial charge in [0.25, 0.3) is 0 Å². The Morgan fingerprint density at radius 2 is 1.43 bits per heavy atom. The minimum Gasteiger partial charge on any atom is -0.138 e. The van der Waals surface area contributed by atoms with Gasteiger partial charge in [0, 0.05) is 5.25 Å². The first kappa shape index (κ1) is 16.4. The number of hydrogen-bond acceptors (Lipinski definition) is 1. The molecule has 0 heterocycles. The molecule has 0 atom stereocenters. The second-order valence-electron chi connectivity index (χ2n) is 6.53. The van der Waals surface area contributed by atoms with Crippen LogP contribution in [-0.4, -0.2) is 5.25 Å². The highest BCUT2D eigenvalue weighted by Gasteiger charge is 2.40. The average molecular weight is 323 g/mol. The summed E-state index contributed by atoms with van der Waals surface area (Å²) < 4.78 is -0.00898. The van der Waals surface area contributed by atoms with E-state index in [0.29, 0.717) is 5.25 Å². The van der Waals surface area contributed by atoms with Crippen LogP contribution in [0.15, 0.2) is 77.9 Å². The van der Waals surface area contributed by atoms with E-state index in [1.54, 1.807) is 11.1 Å². The molecule has 120 valence electrons. The molecule has 0 N–H and O–H groups in total. The maximum atomic E-state index is 2.37. The molecule has 0 amide bonds. The van der Waals surface area contributed by atoms with Crippen molar-refractivity contribution in [2.24, 2.45) is 0 Å². The monoisotopic (exact) mass is 322 g/mol. The lowest BCUT2D eigenvalue weighted by atomic mass is 9.77. The van der Waals surface area contributed by atoms with Gasteiger partial charge in [-0.15, -0.1) is 11.8 Å². The van der Waals surface area contributed by atoms with Crippen molar-refractivity contribution in [1.29, 1.82) is 0 Å². The second kappa shape index (κ2) is 7.40. The highest BCUT2D eigenvalue weighted by molar-refractivity contribution is 8.01. The molecule has 0 aliphatic heterocycles. The molecule has 0 bridgehead atoms. The zero-order chi connectivity index (χ0) is 16.1. The Kier molecular flexibility index (Phi) is 5.27. The molecule has 1 aromatic carbocycles.